The van der Waals surface area contributed by atoms with Crippen molar-refractivity contribution in [2.45, 2.75) is 77.7 Å². The van der Waals surface area contributed by atoms with E-state index >= 15 is 0 Å². The number of ether oxygens (including phenoxy) is 3. The first-order chi connectivity index (χ1) is 22.3. The highest BCUT2D eigenvalue weighted by Gasteiger charge is 2.29. The minimum Gasteiger partial charge on any atom is -0.478 e. The van der Waals surface area contributed by atoms with Crippen LogP contribution >= 0.6 is 11.6 Å². The third kappa shape index (κ3) is 23.9. The maximum atomic E-state index is 12.4. The zero-order chi connectivity index (χ0) is 33.6. The molecule has 1 aromatic carbocycles. The molecule has 0 saturated heterocycles. The van der Waals surface area contributed by atoms with E-state index in [1.807, 2.05) is 6.08 Å². The molecule has 0 bridgehead atoms. The van der Waals surface area contributed by atoms with Gasteiger partial charge in [0.2, 0.25) is 5.91 Å². The van der Waals surface area contributed by atoms with E-state index in [4.69, 9.17) is 25.8 Å². The van der Waals surface area contributed by atoms with Gasteiger partial charge in [-0.1, -0.05) is 91.4 Å². The van der Waals surface area contributed by atoms with Gasteiger partial charge >= 0.3 is 0 Å². The monoisotopic (exact) mass is 654 g/mol. The molecule has 0 radical (unpaired) electrons. The van der Waals surface area contributed by atoms with Crippen molar-refractivity contribution in [1.82, 2.24) is 10.6 Å². The van der Waals surface area contributed by atoms with Crippen molar-refractivity contribution in [2.24, 2.45) is 0 Å². The molecule has 8 heteroatoms. The van der Waals surface area contributed by atoms with E-state index < -0.39 is 5.60 Å². The lowest BCUT2D eigenvalue weighted by molar-refractivity contribution is -0.134. The largest absolute Gasteiger partial charge is 0.478 e. The summed E-state index contributed by atoms with van der Waals surface area (Å²) >= 11 is 5.89. The Bertz CT molecular complexity index is 1120. The van der Waals surface area contributed by atoms with Crippen LogP contribution in [0.4, 0.5) is 0 Å². The summed E-state index contributed by atoms with van der Waals surface area (Å²) in [5, 5.41) is 6.28. The lowest BCUT2D eigenvalue weighted by atomic mass is 10.1. The van der Waals surface area contributed by atoms with E-state index in [0.29, 0.717) is 63.1 Å². The summed E-state index contributed by atoms with van der Waals surface area (Å²) in [5.74, 6) is 0.343. The van der Waals surface area contributed by atoms with Crippen LogP contribution in [0.15, 0.2) is 97.2 Å². The summed E-state index contributed by atoms with van der Waals surface area (Å²) in [5.41, 5.74) is -1.03. The molecule has 0 aromatic heterocycles. The summed E-state index contributed by atoms with van der Waals surface area (Å²) in [6, 6.07) is 6.87. The van der Waals surface area contributed by atoms with E-state index in [0.717, 1.165) is 38.5 Å². The summed E-state index contributed by atoms with van der Waals surface area (Å²) in [7, 11) is 0. The average Bonchev–Trinajstić information content (AvgIpc) is 3.03. The van der Waals surface area contributed by atoms with Gasteiger partial charge in [-0.25, -0.2) is 0 Å². The molecule has 0 fully saturated rings. The van der Waals surface area contributed by atoms with Crippen LogP contribution in [-0.2, 0) is 19.1 Å². The average molecular weight is 655 g/mol. The lowest BCUT2D eigenvalue weighted by Crippen LogP contribution is -2.47. The number of hydrogen-bond acceptors (Lipinski definition) is 5. The Morgan fingerprint density at radius 1 is 0.674 bits per heavy atom. The topological polar surface area (TPSA) is 85.9 Å². The third-order valence-electron chi connectivity index (χ3n) is 6.34. The molecule has 0 spiro atoms. The van der Waals surface area contributed by atoms with Crippen molar-refractivity contribution in [3.05, 3.63) is 102 Å². The van der Waals surface area contributed by atoms with Crippen LogP contribution < -0.4 is 15.4 Å². The van der Waals surface area contributed by atoms with Crippen LogP contribution in [0.3, 0.4) is 0 Å². The summed E-state index contributed by atoms with van der Waals surface area (Å²) in [6.45, 7) is 7.96. The molecule has 2 N–H and O–H groups in total. The van der Waals surface area contributed by atoms with Gasteiger partial charge < -0.3 is 24.8 Å². The normalized spacial score (nSPS) is 12.5. The van der Waals surface area contributed by atoms with E-state index in [9.17, 15) is 9.59 Å². The van der Waals surface area contributed by atoms with Gasteiger partial charge in [-0.3, -0.25) is 9.59 Å². The lowest BCUT2D eigenvalue weighted by Gasteiger charge is -2.25. The van der Waals surface area contributed by atoms with Crippen molar-refractivity contribution in [2.75, 3.05) is 39.5 Å². The fourth-order valence-electron chi connectivity index (χ4n) is 3.82. The van der Waals surface area contributed by atoms with Gasteiger partial charge in [0.15, 0.2) is 5.60 Å². The van der Waals surface area contributed by atoms with Crippen LogP contribution in [0, 0.1) is 0 Å². The minimum atomic E-state index is -1.03. The molecule has 0 unspecified atom stereocenters. The van der Waals surface area contributed by atoms with Gasteiger partial charge in [-0.05, 0) is 83.1 Å². The number of carbonyl (C=O) groups excluding carboxylic acids is 2. The highest BCUT2D eigenvalue weighted by Crippen LogP contribution is 2.21. The van der Waals surface area contributed by atoms with Crippen LogP contribution in [0.2, 0.25) is 5.02 Å². The molecule has 1 rings (SSSR count). The number of hydrogen-bond donors (Lipinski definition) is 2. The van der Waals surface area contributed by atoms with Crippen molar-refractivity contribution < 1.29 is 23.8 Å². The standard InChI is InChI=1S/C38H55ClN2O5/c1-4-5-6-7-8-9-10-11-12-13-14-15-16-17-18-19-20-21-22-23-36(42)40-28-30-44-32-33-45-31-29-41-37(43)38(2,3)46-35-26-24-34(39)25-27-35/h5-6,8-9,11-12,14-15,17-18,20-21,24-27H,4,7,10,13,16,19,22-23,28-33H2,1-3H3,(H,40,42)(H,41,43). The number of rotatable bonds is 26. The smallest absolute Gasteiger partial charge is 0.263 e. The minimum absolute atomic E-state index is 0.0121. The second-order valence-corrected chi connectivity index (χ2v) is 11.3. The van der Waals surface area contributed by atoms with E-state index in [1.165, 1.54) is 0 Å². The van der Waals surface area contributed by atoms with Gasteiger partial charge in [0.25, 0.3) is 5.91 Å². The Morgan fingerprint density at radius 2 is 1.13 bits per heavy atom. The number of allylic oxidation sites excluding steroid dienone is 12. The fourth-order valence-corrected chi connectivity index (χ4v) is 3.95. The Morgan fingerprint density at radius 3 is 1.63 bits per heavy atom. The predicted molar refractivity (Wildman–Crippen MR) is 191 cm³/mol. The molecule has 0 atom stereocenters. The molecule has 7 nitrogen and oxygen atoms in total. The zero-order valence-corrected chi connectivity index (χ0v) is 28.8. The summed E-state index contributed by atoms with van der Waals surface area (Å²) in [4.78, 5) is 24.4. The van der Waals surface area contributed by atoms with E-state index in [-0.39, 0.29) is 11.8 Å². The number of amides is 2. The van der Waals surface area contributed by atoms with Gasteiger partial charge in [-0.2, -0.15) is 0 Å². The molecule has 0 heterocycles. The molecule has 0 saturated carbocycles. The van der Waals surface area contributed by atoms with Crippen LogP contribution in [-0.4, -0.2) is 56.9 Å². The molecule has 1 aromatic rings. The van der Waals surface area contributed by atoms with Gasteiger partial charge in [0, 0.05) is 24.5 Å². The Hall–Kier alpha value is -3.39. The Balaban J connectivity index is 1.93. The van der Waals surface area contributed by atoms with Crippen molar-refractivity contribution in [3.8, 4) is 5.75 Å². The highest BCUT2D eigenvalue weighted by molar-refractivity contribution is 6.30. The molecule has 2 amide bonds. The molecule has 0 aliphatic heterocycles. The van der Waals surface area contributed by atoms with Crippen LogP contribution in [0.1, 0.15) is 72.1 Å². The molecule has 0 aliphatic carbocycles. The molecular weight excluding hydrogens is 600 g/mol. The molecule has 46 heavy (non-hydrogen) atoms. The molecule has 254 valence electrons. The quantitative estimate of drug-likeness (QED) is 0.0776. The summed E-state index contributed by atoms with van der Waals surface area (Å²) in [6.07, 6.45) is 33.1. The maximum Gasteiger partial charge on any atom is 0.263 e. The molecule has 0 aliphatic rings. The highest BCUT2D eigenvalue weighted by atomic mass is 35.5. The Kier molecular flexibility index (Phi) is 24.6. The Labute approximate surface area is 282 Å². The third-order valence-corrected chi connectivity index (χ3v) is 6.59. The number of halogens is 1. The maximum absolute atomic E-state index is 12.4. The number of nitrogens with one attached hydrogen (secondary N) is 2. The molecular formula is C38H55ClN2O5. The van der Waals surface area contributed by atoms with Crippen molar-refractivity contribution >= 4 is 23.4 Å². The van der Waals surface area contributed by atoms with E-state index in [1.54, 1.807) is 38.1 Å². The second kappa shape index (κ2) is 27.9. The first kappa shape index (κ1) is 40.6. The van der Waals surface area contributed by atoms with Gasteiger partial charge in [0.05, 0.1) is 26.4 Å². The van der Waals surface area contributed by atoms with Gasteiger partial charge in [-0.15, -0.1) is 0 Å². The zero-order valence-electron chi connectivity index (χ0n) is 28.1. The summed E-state index contributed by atoms with van der Waals surface area (Å²) < 4.78 is 16.8. The van der Waals surface area contributed by atoms with Crippen molar-refractivity contribution in [1.29, 1.82) is 0 Å². The SMILES string of the molecule is CCC=CCC=CCC=CCC=CCC=CCC=CCCC(=O)NCCOCCOCCNC(=O)C(C)(C)Oc1ccc(Cl)cc1. The number of benzene rings is 1. The van der Waals surface area contributed by atoms with Crippen LogP contribution in [0.5, 0.6) is 5.75 Å². The second-order valence-electron chi connectivity index (χ2n) is 10.9. The first-order valence-electron chi connectivity index (χ1n) is 16.4. The van der Waals surface area contributed by atoms with Gasteiger partial charge in [0.1, 0.15) is 5.75 Å². The van der Waals surface area contributed by atoms with E-state index in [2.05, 4.69) is 84.4 Å². The first-order valence-corrected chi connectivity index (χ1v) is 16.8. The fraction of sp³-hybridized carbons (Fsp3) is 0.474. The predicted octanol–water partition coefficient (Wildman–Crippen LogP) is 8.24. The van der Waals surface area contributed by atoms with Crippen LogP contribution in [0.25, 0.3) is 0 Å². The van der Waals surface area contributed by atoms with Crippen molar-refractivity contribution in [3.63, 3.8) is 0 Å². The number of carbonyl (C=O) groups is 2.